The van der Waals surface area contributed by atoms with Gasteiger partial charge in [0.1, 0.15) is 0 Å². The van der Waals surface area contributed by atoms with Gasteiger partial charge in [-0.05, 0) is 63.1 Å². The molecular weight excluding hydrogens is 472 g/mol. The van der Waals surface area contributed by atoms with Gasteiger partial charge in [-0.2, -0.15) is 0 Å². The highest BCUT2D eigenvalue weighted by Gasteiger charge is 2.20. The van der Waals surface area contributed by atoms with Gasteiger partial charge in [0.2, 0.25) is 0 Å². The molecule has 0 saturated heterocycles. The molecule has 0 aliphatic carbocycles. The lowest BCUT2D eigenvalue weighted by Crippen LogP contribution is -2.32. The highest BCUT2D eigenvalue weighted by atomic mass is 16.5. The van der Waals surface area contributed by atoms with E-state index in [0.717, 1.165) is 37.2 Å². The maximum Gasteiger partial charge on any atom is 0.338 e. The molecule has 0 spiro atoms. The van der Waals surface area contributed by atoms with Gasteiger partial charge < -0.3 is 15.0 Å². The number of carbonyl (C=O) groups excluding carboxylic acids is 2. The third-order valence-electron chi connectivity index (χ3n) is 6.69. The molecule has 5 nitrogen and oxygen atoms in total. The SMILES string of the molecule is CCCCCCCCNc1cccc(C(=O)N(CCCCCCCC)c2cccc(C(=O)OC(C)C)c2)c1. The summed E-state index contributed by atoms with van der Waals surface area (Å²) in [5.41, 5.74) is 2.82. The van der Waals surface area contributed by atoms with Crippen LogP contribution in [0.2, 0.25) is 0 Å². The number of anilines is 2. The second-order valence-corrected chi connectivity index (χ2v) is 10.5. The third kappa shape index (κ3) is 11.7. The van der Waals surface area contributed by atoms with E-state index in [1.165, 1.54) is 57.8 Å². The minimum atomic E-state index is -0.366. The lowest BCUT2D eigenvalue weighted by molar-refractivity contribution is 0.0377. The number of hydrogen-bond acceptors (Lipinski definition) is 4. The summed E-state index contributed by atoms with van der Waals surface area (Å²) in [5, 5.41) is 3.49. The van der Waals surface area contributed by atoms with Gasteiger partial charge in [0.25, 0.3) is 5.91 Å². The molecule has 38 heavy (non-hydrogen) atoms. The Morgan fingerprint density at radius 2 is 1.37 bits per heavy atom. The van der Waals surface area contributed by atoms with E-state index in [4.69, 9.17) is 4.74 Å². The number of hydrogen-bond donors (Lipinski definition) is 1. The average molecular weight is 523 g/mol. The zero-order chi connectivity index (χ0) is 27.6. The first-order valence-corrected chi connectivity index (χ1v) is 14.9. The van der Waals surface area contributed by atoms with Gasteiger partial charge in [-0.15, -0.1) is 0 Å². The molecule has 210 valence electrons. The minimum Gasteiger partial charge on any atom is -0.459 e. The van der Waals surface area contributed by atoms with Gasteiger partial charge in [0, 0.05) is 30.0 Å². The van der Waals surface area contributed by atoms with Crippen LogP contribution < -0.4 is 10.2 Å². The molecule has 0 unspecified atom stereocenters. The van der Waals surface area contributed by atoms with E-state index in [1.54, 1.807) is 12.1 Å². The van der Waals surface area contributed by atoms with E-state index < -0.39 is 0 Å². The normalized spacial score (nSPS) is 11.0. The van der Waals surface area contributed by atoms with Crippen molar-refractivity contribution >= 4 is 23.3 Å². The van der Waals surface area contributed by atoms with Crippen LogP contribution in [-0.2, 0) is 4.74 Å². The Labute approximate surface area is 231 Å². The van der Waals surface area contributed by atoms with E-state index in [2.05, 4.69) is 19.2 Å². The van der Waals surface area contributed by atoms with Crippen molar-refractivity contribution in [3.8, 4) is 0 Å². The number of amides is 1. The highest BCUT2D eigenvalue weighted by Crippen LogP contribution is 2.23. The third-order valence-corrected chi connectivity index (χ3v) is 6.69. The molecule has 1 N–H and O–H groups in total. The van der Waals surface area contributed by atoms with Crippen molar-refractivity contribution in [3.05, 3.63) is 59.7 Å². The molecule has 2 aromatic carbocycles. The summed E-state index contributed by atoms with van der Waals surface area (Å²) < 4.78 is 5.39. The number of nitrogens with one attached hydrogen (secondary N) is 1. The van der Waals surface area contributed by atoms with Crippen molar-refractivity contribution in [2.75, 3.05) is 23.3 Å². The van der Waals surface area contributed by atoms with Gasteiger partial charge in [0.15, 0.2) is 0 Å². The molecule has 1 amide bonds. The van der Waals surface area contributed by atoms with Gasteiger partial charge in [0.05, 0.1) is 11.7 Å². The van der Waals surface area contributed by atoms with Crippen LogP contribution in [0.1, 0.15) is 125 Å². The Kier molecular flexibility index (Phi) is 15.2. The number of nitrogens with zero attached hydrogens (tertiary/aromatic N) is 1. The van der Waals surface area contributed by atoms with E-state index in [9.17, 15) is 9.59 Å². The number of unbranched alkanes of at least 4 members (excludes halogenated alkanes) is 10. The molecular formula is C33H50N2O3. The number of carbonyl (C=O) groups is 2. The topological polar surface area (TPSA) is 58.6 Å². The molecule has 0 atom stereocenters. The Bertz CT molecular complexity index is 957. The lowest BCUT2D eigenvalue weighted by atomic mass is 10.1. The van der Waals surface area contributed by atoms with Crippen LogP contribution in [0, 0.1) is 0 Å². The first-order valence-electron chi connectivity index (χ1n) is 14.9. The largest absolute Gasteiger partial charge is 0.459 e. The Morgan fingerprint density at radius 1 is 0.763 bits per heavy atom. The highest BCUT2D eigenvalue weighted by molar-refractivity contribution is 6.07. The Morgan fingerprint density at radius 3 is 2.05 bits per heavy atom. The molecule has 0 radical (unpaired) electrons. The molecule has 5 heteroatoms. The van der Waals surface area contributed by atoms with Crippen LogP contribution in [0.3, 0.4) is 0 Å². The van der Waals surface area contributed by atoms with E-state index in [1.807, 2.05) is 55.1 Å². The Hall–Kier alpha value is -2.82. The van der Waals surface area contributed by atoms with Crippen LogP contribution in [0.4, 0.5) is 11.4 Å². The van der Waals surface area contributed by atoms with Crippen LogP contribution in [-0.4, -0.2) is 31.1 Å². The summed E-state index contributed by atoms with van der Waals surface area (Å²) in [6.07, 6.45) is 14.2. The standard InChI is InChI=1S/C33H50N2O3/c1-5-7-9-11-13-15-23-34-30-21-17-19-28(25-30)32(36)35(24-16-14-12-10-8-6-2)31-22-18-20-29(26-31)33(37)38-27(3)4/h17-22,25-27,34H,5-16,23-24H2,1-4H3. The molecule has 0 aromatic heterocycles. The second-order valence-electron chi connectivity index (χ2n) is 10.5. The molecule has 0 aliphatic rings. The Balaban J connectivity index is 2.12. The fourth-order valence-corrected chi connectivity index (χ4v) is 4.54. The predicted octanol–water partition coefficient (Wildman–Crippen LogP) is 9.03. The predicted molar refractivity (Wildman–Crippen MR) is 160 cm³/mol. The minimum absolute atomic E-state index is 0.0452. The van der Waals surface area contributed by atoms with Crippen LogP contribution in [0.25, 0.3) is 0 Å². The first-order chi connectivity index (χ1) is 18.5. The zero-order valence-corrected chi connectivity index (χ0v) is 24.3. The smallest absolute Gasteiger partial charge is 0.338 e. The quantitative estimate of drug-likeness (QED) is 0.148. The molecule has 0 heterocycles. The number of esters is 1. The maximum atomic E-state index is 13.8. The summed E-state index contributed by atoms with van der Waals surface area (Å²) in [7, 11) is 0. The number of benzene rings is 2. The summed E-state index contributed by atoms with van der Waals surface area (Å²) in [5.74, 6) is -0.411. The number of ether oxygens (including phenoxy) is 1. The fourth-order valence-electron chi connectivity index (χ4n) is 4.54. The maximum absolute atomic E-state index is 13.8. The van der Waals surface area contributed by atoms with Crippen LogP contribution in [0.15, 0.2) is 48.5 Å². The van der Waals surface area contributed by atoms with Crippen molar-refractivity contribution < 1.29 is 14.3 Å². The zero-order valence-electron chi connectivity index (χ0n) is 24.3. The fraction of sp³-hybridized carbons (Fsp3) is 0.576. The van der Waals surface area contributed by atoms with Gasteiger partial charge >= 0.3 is 5.97 Å². The number of rotatable bonds is 19. The molecule has 0 fully saturated rings. The molecule has 0 saturated carbocycles. The van der Waals surface area contributed by atoms with E-state index in [0.29, 0.717) is 17.7 Å². The summed E-state index contributed by atoms with van der Waals surface area (Å²) >= 11 is 0. The van der Waals surface area contributed by atoms with Crippen LogP contribution >= 0.6 is 0 Å². The summed E-state index contributed by atoms with van der Waals surface area (Å²) in [6, 6.07) is 15.0. The van der Waals surface area contributed by atoms with Crippen molar-refractivity contribution in [2.45, 2.75) is 111 Å². The molecule has 2 rings (SSSR count). The van der Waals surface area contributed by atoms with Crippen molar-refractivity contribution in [1.29, 1.82) is 0 Å². The summed E-state index contributed by atoms with van der Waals surface area (Å²) in [4.78, 5) is 28.1. The van der Waals surface area contributed by atoms with Crippen molar-refractivity contribution in [3.63, 3.8) is 0 Å². The van der Waals surface area contributed by atoms with E-state index >= 15 is 0 Å². The van der Waals surface area contributed by atoms with E-state index in [-0.39, 0.29) is 18.0 Å². The average Bonchev–Trinajstić information content (AvgIpc) is 2.92. The second kappa shape index (κ2) is 18.4. The van der Waals surface area contributed by atoms with Gasteiger partial charge in [-0.25, -0.2) is 4.79 Å². The molecule has 2 aromatic rings. The van der Waals surface area contributed by atoms with Crippen LogP contribution in [0.5, 0.6) is 0 Å². The monoisotopic (exact) mass is 522 g/mol. The van der Waals surface area contributed by atoms with Gasteiger partial charge in [-0.1, -0.05) is 90.2 Å². The van der Waals surface area contributed by atoms with Gasteiger partial charge in [-0.3, -0.25) is 4.79 Å². The molecule has 0 aliphatic heterocycles. The van der Waals surface area contributed by atoms with Crippen molar-refractivity contribution in [2.24, 2.45) is 0 Å². The first kappa shape index (κ1) is 31.4. The lowest BCUT2D eigenvalue weighted by Gasteiger charge is -2.24. The molecule has 0 bridgehead atoms. The summed E-state index contributed by atoms with van der Waals surface area (Å²) in [6.45, 7) is 9.65. The van der Waals surface area contributed by atoms with Crippen molar-refractivity contribution in [1.82, 2.24) is 0 Å².